The quantitative estimate of drug-likeness (QED) is 0.911. The summed E-state index contributed by atoms with van der Waals surface area (Å²) in [4.78, 5) is 18.0. The van der Waals surface area contributed by atoms with Gasteiger partial charge in [-0.15, -0.1) is 11.3 Å². The number of thiophene rings is 1. The summed E-state index contributed by atoms with van der Waals surface area (Å²) in [7, 11) is 0. The van der Waals surface area contributed by atoms with Gasteiger partial charge in [0, 0.05) is 30.6 Å². The third-order valence-corrected chi connectivity index (χ3v) is 5.09. The Bertz CT molecular complexity index is 434. The van der Waals surface area contributed by atoms with Crippen molar-refractivity contribution in [2.24, 2.45) is 5.73 Å². The molecule has 3 heterocycles. The molecule has 2 fully saturated rings. The van der Waals surface area contributed by atoms with Gasteiger partial charge in [0.15, 0.2) is 0 Å². The maximum atomic E-state index is 12.5. The summed E-state index contributed by atoms with van der Waals surface area (Å²) in [5.74, 6) is 0.269. The smallest absolute Gasteiger partial charge is 0.237 e. The monoisotopic (exact) mass is 279 g/mol. The predicted octanol–water partition coefficient (Wildman–Crippen LogP) is 1.44. The van der Waals surface area contributed by atoms with Gasteiger partial charge >= 0.3 is 0 Å². The molecule has 0 spiro atoms. The SMILES string of the molecule is N[C@H]1CCN(CC(=O)N2CCCC2c2cccs2)C1. The van der Waals surface area contributed by atoms with Crippen LogP contribution in [0.3, 0.4) is 0 Å². The van der Waals surface area contributed by atoms with Crippen molar-refractivity contribution in [1.82, 2.24) is 9.80 Å². The molecule has 2 saturated heterocycles. The zero-order valence-corrected chi connectivity index (χ0v) is 11.9. The maximum Gasteiger partial charge on any atom is 0.237 e. The van der Waals surface area contributed by atoms with Crippen LogP contribution < -0.4 is 5.73 Å². The summed E-state index contributed by atoms with van der Waals surface area (Å²) in [6.07, 6.45) is 3.24. The Morgan fingerprint density at radius 2 is 2.32 bits per heavy atom. The van der Waals surface area contributed by atoms with E-state index in [1.165, 1.54) is 4.88 Å². The molecule has 0 saturated carbocycles. The van der Waals surface area contributed by atoms with Crippen molar-refractivity contribution < 1.29 is 4.79 Å². The van der Waals surface area contributed by atoms with Crippen LogP contribution in [0.25, 0.3) is 0 Å². The summed E-state index contributed by atoms with van der Waals surface area (Å²) >= 11 is 1.76. The first kappa shape index (κ1) is 13.1. The fourth-order valence-electron chi connectivity index (χ4n) is 3.13. The molecule has 0 aromatic carbocycles. The molecule has 5 heteroatoms. The molecule has 2 aliphatic heterocycles. The van der Waals surface area contributed by atoms with Crippen LogP contribution in [0.2, 0.25) is 0 Å². The first-order valence-electron chi connectivity index (χ1n) is 7.05. The van der Waals surface area contributed by atoms with Crippen LogP contribution in [-0.2, 0) is 4.79 Å². The average molecular weight is 279 g/mol. The second-order valence-corrected chi connectivity index (χ2v) is 6.52. The molecule has 1 unspecified atom stereocenters. The van der Waals surface area contributed by atoms with Crippen LogP contribution in [0.4, 0.5) is 0 Å². The third kappa shape index (κ3) is 2.83. The van der Waals surface area contributed by atoms with Crippen LogP contribution in [0.15, 0.2) is 17.5 Å². The Morgan fingerprint density at radius 3 is 3.00 bits per heavy atom. The van der Waals surface area contributed by atoms with Crippen molar-refractivity contribution in [2.45, 2.75) is 31.3 Å². The van der Waals surface area contributed by atoms with Gasteiger partial charge in [-0.2, -0.15) is 0 Å². The van der Waals surface area contributed by atoms with Gasteiger partial charge in [-0.1, -0.05) is 6.07 Å². The van der Waals surface area contributed by atoms with Crippen molar-refractivity contribution in [3.63, 3.8) is 0 Å². The number of nitrogens with two attached hydrogens (primary N) is 1. The lowest BCUT2D eigenvalue weighted by Crippen LogP contribution is -2.39. The molecule has 1 aromatic heterocycles. The molecule has 2 aliphatic rings. The van der Waals surface area contributed by atoms with E-state index < -0.39 is 0 Å². The molecule has 3 rings (SSSR count). The number of carbonyl (C=O) groups excluding carboxylic acids is 1. The minimum absolute atomic E-state index is 0.250. The molecule has 2 atom stereocenters. The molecule has 0 radical (unpaired) electrons. The van der Waals surface area contributed by atoms with E-state index in [-0.39, 0.29) is 11.9 Å². The molecule has 1 aromatic rings. The molecule has 1 amide bonds. The van der Waals surface area contributed by atoms with E-state index in [0.29, 0.717) is 12.6 Å². The Balaban J connectivity index is 1.62. The van der Waals surface area contributed by atoms with Crippen molar-refractivity contribution in [2.75, 3.05) is 26.2 Å². The first-order chi connectivity index (χ1) is 9.24. The highest BCUT2D eigenvalue weighted by atomic mass is 32.1. The van der Waals surface area contributed by atoms with Crippen molar-refractivity contribution in [1.29, 1.82) is 0 Å². The fourth-order valence-corrected chi connectivity index (χ4v) is 4.00. The first-order valence-corrected chi connectivity index (χ1v) is 7.93. The summed E-state index contributed by atoms with van der Waals surface area (Å²) in [6, 6.07) is 4.77. The van der Waals surface area contributed by atoms with Gasteiger partial charge in [-0.05, 0) is 30.7 Å². The third-order valence-electron chi connectivity index (χ3n) is 4.11. The van der Waals surface area contributed by atoms with Crippen molar-refractivity contribution in [3.05, 3.63) is 22.4 Å². The number of likely N-dealkylation sites (tertiary alicyclic amines) is 2. The van der Waals surface area contributed by atoms with Crippen LogP contribution in [0, 0.1) is 0 Å². The zero-order chi connectivity index (χ0) is 13.2. The molecule has 4 nitrogen and oxygen atoms in total. The van der Waals surface area contributed by atoms with E-state index in [1.54, 1.807) is 11.3 Å². The number of hydrogen-bond donors (Lipinski definition) is 1. The lowest BCUT2D eigenvalue weighted by molar-refractivity contribution is -0.133. The highest BCUT2D eigenvalue weighted by Gasteiger charge is 2.32. The van der Waals surface area contributed by atoms with E-state index in [1.807, 2.05) is 0 Å². The summed E-state index contributed by atoms with van der Waals surface area (Å²) in [5, 5.41) is 2.09. The number of rotatable bonds is 3. The summed E-state index contributed by atoms with van der Waals surface area (Å²) in [6.45, 7) is 3.27. The van der Waals surface area contributed by atoms with E-state index >= 15 is 0 Å². The lowest BCUT2D eigenvalue weighted by atomic mass is 10.2. The van der Waals surface area contributed by atoms with Crippen LogP contribution in [-0.4, -0.2) is 47.9 Å². The number of nitrogens with zero attached hydrogens (tertiary/aromatic N) is 2. The lowest BCUT2D eigenvalue weighted by Gasteiger charge is -2.26. The molecule has 104 valence electrons. The Morgan fingerprint density at radius 1 is 1.42 bits per heavy atom. The van der Waals surface area contributed by atoms with Crippen molar-refractivity contribution in [3.8, 4) is 0 Å². The van der Waals surface area contributed by atoms with E-state index in [0.717, 1.165) is 38.9 Å². The topological polar surface area (TPSA) is 49.6 Å². The van der Waals surface area contributed by atoms with E-state index in [9.17, 15) is 4.79 Å². The minimum Gasteiger partial charge on any atom is -0.334 e. The van der Waals surface area contributed by atoms with E-state index in [2.05, 4.69) is 27.3 Å². The molecule has 0 bridgehead atoms. The zero-order valence-electron chi connectivity index (χ0n) is 11.1. The highest BCUT2D eigenvalue weighted by Crippen LogP contribution is 2.34. The van der Waals surface area contributed by atoms with Gasteiger partial charge in [0.25, 0.3) is 0 Å². The molecular formula is C14H21N3OS. The Hall–Kier alpha value is -0.910. The fraction of sp³-hybridized carbons (Fsp3) is 0.643. The Kier molecular flexibility index (Phi) is 3.86. The largest absolute Gasteiger partial charge is 0.334 e. The highest BCUT2D eigenvalue weighted by molar-refractivity contribution is 7.10. The van der Waals surface area contributed by atoms with Gasteiger partial charge in [0.1, 0.15) is 0 Å². The van der Waals surface area contributed by atoms with Gasteiger partial charge in [-0.25, -0.2) is 0 Å². The van der Waals surface area contributed by atoms with Gasteiger partial charge in [-0.3, -0.25) is 9.69 Å². The molecule has 19 heavy (non-hydrogen) atoms. The standard InChI is InChI=1S/C14H21N3OS/c15-11-5-7-16(9-11)10-14(18)17-6-1-3-12(17)13-4-2-8-19-13/h2,4,8,11-12H,1,3,5-7,9-10,15H2/t11-,12?/m0/s1. The summed E-state index contributed by atoms with van der Waals surface area (Å²) in [5.41, 5.74) is 5.89. The normalized spacial score (nSPS) is 28.2. The van der Waals surface area contributed by atoms with Gasteiger partial charge in [0.05, 0.1) is 12.6 Å². The molecule has 2 N–H and O–H groups in total. The minimum atomic E-state index is 0.250. The van der Waals surface area contributed by atoms with Crippen LogP contribution in [0.5, 0.6) is 0 Å². The second-order valence-electron chi connectivity index (χ2n) is 5.54. The van der Waals surface area contributed by atoms with Crippen LogP contribution >= 0.6 is 11.3 Å². The molecule has 0 aliphatic carbocycles. The van der Waals surface area contributed by atoms with Crippen molar-refractivity contribution >= 4 is 17.2 Å². The predicted molar refractivity (Wildman–Crippen MR) is 77.0 cm³/mol. The number of amides is 1. The van der Waals surface area contributed by atoms with E-state index in [4.69, 9.17) is 5.73 Å². The number of hydrogen-bond acceptors (Lipinski definition) is 4. The average Bonchev–Trinajstić information content (AvgIpc) is 3.07. The van der Waals surface area contributed by atoms with Gasteiger partial charge in [0.2, 0.25) is 5.91 Å². The second kappa shape index (κ2) is 5.61. The summed E-state index contributed by atoms with van der Waals surface area (Å²) < 4.78 is 0. The Labute approximate surface area is 118 Å². The maximum absolute atomic E-state index is 12.5. The molecular weight excluding hydrogens is 258 g/mol. The van der Waals surface area contributed by atoms with Crippen LogP contribution in [0.1, 0.15) is 30.2 Å². The number of carbonyl (C=O) groups is 1. The van der Waals surface area contributed by atoms with Gasteiger partial charge < -0.3 is 10.6 Å².